The molecule has 7 aromatic carbocycles. The fourth-order valence-corrected chi connectivity index (χ4v) is 7.60. The predicted molar refractivity (Wildman–Crippen MR) is 193 cm³/mol. The van der Waals surface area contributed by atoms with Gasteiger partial charge in [0.05, 0.1) is 0 Å². The second-order valence-corrected chi connectivity index (χ2v) is 12.3. The molecule has 0 N–H and O–H groups in total. The molecule has 0 unspecified atom stereocenters. The van der Waals surface area contributed by atoms with Gasteiger partial charge in [-0.1, -0.05) is 109 Å². The van der Waals surface area contributed by atoms with E-state index in [1.807, 2.05) is 60.7 Å². The van der Waals surface area contributed by atoms with Crippen molar-refractivity contribution in [3.8, 4) is 56.4 Å². The third kappa shape index (κ3) is 3.53. The molecule has 0 aliphatic heterocycles. The molecule has 222 valence electrons. The van der Waals surface area contributed by atoms with E-state index < -0.39 is 0 Å². The van der Waals surface area contributed by atoms with Crippen molar-refractivity contribution in [3.63, 3.8) is 0 Å². The van der Waals surface area contributed by atoms with E-state index in [9.17, 15) is 0 Å². The van der Waals surface area contributed by atoms with Crippen molar-refractivity contribution in [1.29, 1.82) is 0 Å². The molecule has 48 heavy (non-hydrogen) atoms. The highest BCUT2D eigenvalue weighted by atomic mass is 16.3. The van der Waals surface area contributed by atoms with Gasteiger partial charge in [0.2, 0.25) is 0 Å². The van der Waals surface area contributed by atoms with Crippen LogP contribution in [0, 0.1) is 0 Å². The lowest BCUT2D eigenvalue weighted by Crippen LogP contribution is -2.01. The van der Waals surface area contributed by atoms with Crippen LogP contribution in [0.3, 0.4) is 0 Å². The number of para-hydroxylation sites is 2. The zero-order chi connectivity index (χ0) is 31.3. The van der Waals surface area contributed by atoms with Gasteiger partial charge in [-0.2, -0.15) is 0 Å². The minimum absolute atomic E-state index is 0.586. The molecule has 0 saturated heterocycles. The van der Waals surface area contributed by atoms with Gasteiger partial charge < -0.3 is 8.83 Å². The van der Waals surface area contributed by atoms with Gasteiger partial charge in [-0.05, 0) is 63.4 Å². The molecule has 0 atom stereocenters. The molecule has 0 fully saturated rings. The molecule has 11 rings (SSSR count). The molecule has 0 amide bonds. The largest absolute Gasteiger partial charge is 0.456 e. The zero-order valence-electron chi connectivity index (χ0n) is 25.4. The Balaban J connectivity index is 1.20. The number of hydrogen-bond acceptors (Lipinski definition) is 5. The summed E-state index contributed by atoms with van der Waals surface area (Å²) in [5.74, 6) is 1.78. The smallest absolute Gasteiger partial charge is 0.164 e. The molecule has 5 nitrogen and oxygen atoms in total. The Morgan fingerprint density at radius 2 is 0.833 bits per heavy atom. The van der Waals surface area contributed by atoms with Crippen molar-refractivity contribution >= 4 is 54.6 Å². The predicted octanol–water partition coefficient (Wildman–Crippen LogP) is 11.5. The maximum atomic E-state index is 6.26. The number of benzene rings is 7. The normalized spacial score (nSPS) is 12.2. The molecule has 0 radical (unpaired) electrons. The summed E-state index contributed by atoms with van der Waals surface area (Å²) in [6, 6.07) is 48.0. The number of furan rings is 2. The van der Waals surface area contributed by atoms with E-state index in [4.69, 9.17) is 23.8 Å². The van der Waals surface area contributed by atoms with Crippen molar-refractivity contribution in [2.24, 2.45) is 0 Å². The number of fused-ring (bicyclic) bond motifs is 9. The van der Waals surface area contributed by atoms with E-state index in [2.05, 4.69) is 78.9 Å². The van der Waals surface area contributed by atoms with E-state index in [0.29, 0.717) is 17.5 Å². The number of nitrogens with zero attached hydrogens (tertiary/aromatic N) is 3. The minimum atomic E-state index is 0.586. The molecule has 3 aromatic heterocycles. The lowest BCUT2D eigenvalue weighted by Gasteiger charge is -2.11. The van der Waals surface area contributed by atoms with Gasteiger partial charge in [-0.25, -0.2) is 15.0 Å². The summed E-state index contributed by atoms with van der Waals surface area (Å²) in [5, 5.41) is 6.56. The number of aromatic nitrogens is 3. The Morgan fingerprint density at radius 1 is 0.333 bits per heavy atom. The monoisotopic (exact) mass is 613 g/mol. The summed E-state index contributed by atoms with van der Waals surface area (Å²) in [7, 11) is 0. The van der Waals surface area contributed by atoms with Gasteiger partial charge in [-0.3, -0.25) is 0 Å². The van der Waals surface area contributed by atoms with E-state index >= 15 is 0 Å². The van der Waals surface area contributed by atoms with Crippen LogP contribution in [-0.4, -0.2) is 15.0 Å². The molecule has 0 saturated carbocycles. The Hall–Kier alpha value is -6.59. The Bertz CT molecular complexity index is 2830. The highest BCUT2D eigenvalue weighted by Crippen LogP contribution is 2.48. The number of rotatable bonds is 3. The van der Waals surface area contributed by atoms with Crippen LogP contribution >= 0.6 is 0 Å². The third-order valence-corrected chi connectivity index (χ3v) is 9.69. The van der Waals surface area contributed by atoms with Gasteiger partial charge in [-0.15, -0.1) is 0 Å². The SMILES string of the molecule is c1cc2c3c(cccc3c1)-c1cc(-c3nc(-c4cccc5oc6ccccc6c45)nc(-c4cccc5oc6ccccc6c45)n3)ccc1-2. The highest BCUT2D eigenvalue weighted by molar-refractivity contribution is 6.16. The second kappa shape index (κ2) is 9.47. The van der Waals surface area contributed by atoms with Crippen LogP contribution in [0.1, 0.15) is 0 Å². The molecule has 0 spiro atoms. The number of hydrogen-bond donors (Lipinski definition) is 0. The first-order valence-electron chi connectivity index (χ1n) is 16.0. The molecule has 5 heteroatoms. The van der Waals surface area contributed by atoms with Crippen molar-refractivity contribution in [2.45, 2.75) is 0 Å². The fourth-order valence-electron chi connectivity index (χ4n) is 7.60. The van der Waals surface area contributed by atoms with E-state index in [1.54, 1.807) is 0 Å². The lowest BCUT2D eigenvalue weighted by atomic mass is 10.0. The average molecular weight is 614 g/mol. The quantitative estimate of drug-likeness (QED) is 0.198. The van der Waals surface area contributed by atoms with Crippen LogP contribution in [0.5, 0.6) is 0 Å². The van der Waals surface area contributed by atoms with Crippen molar-refractivity contribution in [3.05, 3.63) is 140 Å². The van der Waals surface area contributed by atoms with Crippen LogP contribution in [0.2, 0.25) is 0 Å². The Morgan fingerprint density at radius 3 is 1.46 bits per heavy atom. The van der Waals surface area contributed by atoms with Gasteiger partial charge in [0.1, 0.15) is 22.3 Å². The van der Waals surface area contributed by atoms with Crippen molar-refractivity contribution in [1.82, 2.24) is 15.0 Å². The molecular formula is C43H23N3O2. The van der Waals surface area contributed by atoms with Gasteiger partial charge in [0.25, 0.3) is 0 Å². The minimum Gasteiger partial charge on any atom is -0.456 e. The molecule has 3 heterocycles. The maximum Gasteiger partial charge on any atom is 0.164 e. The van der Waals surface area contributed by atoms with Crippen LogP contribution in [-0.2, 0) is 0 Å². The second-order valence-electron chi connectivity index (χ2n) is 12.3. The summed E-state index contributed by atoms with van der Waals surface area (Å²) >= 11 is 0. The van der Waals surface area contributed by atoms with E-state index in [-0.39, 0.29) is 0 Å². The third-order valence-electron chi connectivity index (χ3n) is 9.69. The van der Waals surface area contributed by atoms with Crippen molar-refractivity contribution < 1.29 is 8.83 Å². The Labute approximate surface area is 273 Å². The van der Waals surface area contributed by atoms with Crippen LogP contribution < -0.4 is 0 Å². The Kier molecular flexibility index (Phi) is 5.05. The summed E-state index contributed by atoms with van der Waals surface area (Å²) in [4.78, 5) is 15.6. The van der Waals surface area contributed by atoms with Gasteiger partial charge in [0.15, 0.2) is 17.5 Å². The molecule has 1 aliphatic carbocycles. The first kappa shape index (κ1) is 25.6. The molecule has 1 aliphatic rings. The van der Waals surface area contributed by atoms with Gasteiger partial charge in [0, 0.05) is 38.2 Å². The standard InChI is InChI=1S/C43H23N3O2/c1-3-17-34-29(11-1)39-31(15-7-19-36(39)47-34)42-44-41(25-21-22-26-27-13-5-9-24-10-6-14-28(38(24)27)33(26)23-25)45-43(46-42)32-16-8-20-37-40(32)30-12-2-4-18-35(30)48-37/h1-23H. The summed E-state index contributed by atoms with van der Waals surface area (Å²) in [6.45, 7) is 0. The highest BCUT2D eigenvalue weighted by Gasteiger charge is 2.24. The van der Waals surface area contributed by atoms with E-state index in [0.717, 1.165) is 60.6 Å². The average Bonchev–Trinajstić information content (AvgIpc) is 3.82. The van der Waals surface area contributed by atoms with E-state index in [1.165, 1.54) is 33.0 Å². The van der Waals surface area contributed by atoms with Crippen LogP contribution in [0.25, 0.3) is 111 Å². The van der Waals surface area contributed by atoms with Crippen LogP contribution in [0.15, 0.2) is 148 Å². The van der Waals surface area contributed by atoms with Crippen LogP contribution in [0.4, 0.5) is 0 Å². The van der Waals surface area contributed by atoms with Gasteiger partial charge >= 0.3 is 0 Å². The summed E-state index contributed by atoms with van der Waals surface area (Å²) < 4.78 is 12.5. The summed E-state index contributed by atoms with van der Waals surface area (Å²) in [6.07, 6.45) is 0. The summed E-state index contributed by atoms with van der Waals surface area (Å²) in [5.41, 5.74) is 10.9. The first-order valence-corrected chi connectivity index (χ1v) is 16.0. The fraction of sp³-hybridized carbons (Fsp3) is 0. The topological polar surface area (TPSA) is 65.0 Å². The first-order chi connectivity index (χ1) is 23.8. The van der Waals surface area contributed by atoms with Crippen molar-refractivity contribution in [2.75, 3.05) is 0 Å². The lowest BCUT2D eigenvalue weighted by molar-refractivity contribution is 0.668. The molecule has 0 bridgehead atoms. The zero-order valence-corrected chi connectivity index (χ0v) is 25.4. The maximum absolute atomic E-state index is 6.26. The molecule has 10 aromatic rings. The molecular weight excluding hydrogens is 590 g/mol.